The van der Waals surface area contributed by atoms with E-state index in [2.05, 4.69) is 6.58 Å². The van der Waals surface area contributed by atoms with Crippen LogP contribution < -0.4 is 0 Å². The minimum Gasteiger partial charge on any atom is -0.478 e. The number of hydrogen-bond donors (Lipinski definition) is 3. The van der Waals surface area contributed by atoms with E-state index in [0.717, 1.165) is 31.8 Å². The van der Waals surface area contributed by atoms with Gasteiger partial charge in [-0.3, -0.25) is 0 Å². The van der Waals surface area contributed by atoms with Crippen molar-refractivity contribution in [1.29, 1.82) is 0 Å². The maximum atomic E-state index is 9.38. The first-order chi connectivity index (χ1) is 6.37. The van der Waals surface area contributed by atoms with E-state index in [9.17, 15) is 9.90 Å². The molecule has 0 spiro atoms. The van der Waals surface area contributed by atoms with E-state index in [0.29, 0.717) is 0 Å². The van der Waals surface area contributed by atoms with Crippen LogP contribution >= 0.6 is 0 Å². The third-order valence-electron chi connectivity index (χ3n) is 2.21. The summed E-state index contributed by atoms with van der Waals surface area (Å²) in [5, 5.41) is 26.0. The second kappa shape index (κ2) is 5.78. The van der Waals surface area contributed by atoms with Crippen LogP contribution in [0.1, 0.15) is 32.6 Å². The summed E-state index contributed by atoms with van der Waals surface area (Å²) in [5.74, 6) is -0.981. The molecule has 0 aliphatic heterocycles. The van der Waals surface area contributed by atoms with Gasteiger partial charge in [0.1, 0.15) is 0 Å². The minimum absolute atomic E-state index is 0.162. The SMILES string of the molecule is C=CC(=O)O.CC1(O)CCC(O)CC1. The summed E-state index contributed by atoms with van der Waals surface area (Å²) in [6, 6.07) is 0. The molecule has 0 saturated heterocycles. The van der Waals surface area contributed by atoms with Crippen LogP contribution in [-0.2, 0) is 4.79 Å². The highest BCUT2D eigenvalue weighted by molar-refractivity contribution is 5.78. The highest BCUT2D eigenvalue weighted by atomic mass is 16.4. The highest BCUT2D eigenvalue weighted by Gasteiger charge is 2.27. The van der Waals surface area contributed by atoms with E-state index in [1.165, 1.54) is 0 Å². The topological polar surface area (TPSA) is 77.8 Å². The van der Waals surface area contributed by atoms with Crippen molar-refractivity contribution >= 4 is 5.97 Å². The second-order valence-electron chi connectivity index (χ2n) is 3.77. The first-order valence-electron chi connectivity index (χ1n) is 4.63. The molecule has 4 heteroatoms. The molecular formula is C10H18O4. The van der Waals surface area contributed by atoms with Crippen molar-refractivity contribution in [3.05, 3.63) is 12.7 Å². The molecule has 0 amide bonds. The first kappa shape index (κ1) is 13.1. The Labute approximate surface area is 83.9 Å². The van der Waals surface area contributed by atoms with Crippen LogP contribution in [0.4, 0.5) is 0 Å². The molecule has 3 N–H and O–H groups in total. The van der Waals surface area contributed by atoms with Gasteiger partial charge in [0, 0.05) is 6.08 Å². The number of rotatable bonds is 1. The summed E-state index contributed by atoms with van der Waals surface area (Å²) in [5.41, 5.74) is -0.501. The number of aliphatic hydroxyl groups is 2. The summed E-state index contributed by atoms with van der Waals surface area (Å²) in [4.78, 5) is 9.25. The van der Waals surface area contributed by atoms with Crippen molar-refractivity contribution in [2.75, 3.05) is 0 Å². The monoisotopic (exact) mass is 202 g/mol. The zero-order valence-corrected chi connectivity index (χ0v) is 8.44. The summed E-state index contributed by atoms with van der Waals surface area (Å²) in [7, 11) is 0. The second-order valence-corrected chi connectivity index (χ2v) is 3.77. The number of carboxylic acid groups (broad SMARTS) is 1. The van der Waals surface area contributed by atoms with Crippen molar-refractivity contribution in [2.45, 2.75) is 44.3 Å². The van der Waals surface area contributed by atoms with Crippen LogP contribution in [0.15, 0.2) is 12.7 Å². The average molecular weight is 202 g/mol. The number of carbonyl (C=O) groups is 1. The number of hydrogen-bond acceptors (Lipinski definition) is 3. The predicted molar refractivity (Wildman–Crippen MR) is 52.9 cm³/mol. The third-order valence-corrected chi connectivity index (χ3v) is 2.21. The van der Waals surface area contributed by atoms with Gasteiger partial charge in [-0.15, -0.1) is 0 Å². The molecule has 14 heavy (non-hydrogen) atoms. The van der Waals surface area contributed by atoms with Gasteiger partial charge in [-0.1, -0.05) is 6.58 Å². The summed E-state index contributed by atoms with van der Waals surface area (Å²) >= 11 is 0. The lowest BCUT2D eigenvalue weighted by Crippen LogP contribution is -2.32. The Morgan fingerprint density at radius 2 is 1.86 bits per heavy atom. The van der Waals surface area contributed by atoms with Gasteiger partial charge < -0.3 is 15.3 Å². The summed E-state index contributed by atoms with van der Waals surface area (Å²) < 4.78 is 0. The molecule has 0 aromatic heterocycles. The molecule has 4 nitrogen and oxygen atoms in total. The van der Waals surface area contributed by atoms with Gasteiger partial charge in [0.15, 0.2) is 0 Å². The summed E-state index contributed by atoms with van der Waals surface area (Å²) in [6.45, 7) is 4.79. The Morgan fingerprint density at radius 1 is 1.50 bits per heavy atom. The first-order valence-corrected chi connectivity index (χ1v) is 4.63. The van der Waals surface area contributed by atoms with Crippen molar-refractivity contribution in [1.82, 2.24) is 0 Å². The normalized spacial score (nSPS) is 31.2. The zero-order chi connectivity index (χ0) is 11.2. The van der Waals surface area contributed by atoms with Crippen LogP contribution in [0.5, 0.6) is 0 Å². The molecular weight excluding hydrogens is 184 g/mol. The lowest BCUT2D eigenvalue weighted by atomic mass is 9.85. The van der Waals surface area contributed by atoms with Gasteiger partial charge in [-0.05, 0) is 32.6 Å². The minimum atomic E-state index is -0.981. The van der Waals surface area contributed by atoms with Crippen molar-refractivity contribution in [2.24, 2.45) is 0 Å². The zero-order valence-electron chi connectivity index (χ0n) is 8.44. The molecule has 0 aromatic carbocycles. The fraction of sp³-hybridized carbons (Fsp3) is 0.700. The van der Waals surface area contributed by atoms with Gasteiger partial charge in [-0.2, -0.15) is 0 Å². The standard InChI is InChI=1S/C7H14O2.C3H4O2/c1-7(9)4-2-6(8)3-5-7;1-2-3(4)5/h6,8-9H,2-5H2,1H3;2H,1H2,(H,4,5). The maximum Gasteiger partial charge on any atom is 0.327 e. The molecule has 82 valence electrons. The van der Waals surface area contributed by atoms with Gasteiger partial charge >= 0.3 is 5.97 Å². The molecule has 0 heterocycles. The van der Waals surface area contributed by atoms with E-state index >= 15 is 0 Å². The average Bonchev–Trinajstić information content (AvgIpc) is 2.11. The quantitative estimate of drug-likeness (QED) is 0.553. The highest BCUT2D eigenvalue weighted by Crippen LogP contribution is 2.27. The molecule has 0 radical (unpaired) electrons. The van der Waals surface area contributed by atoms with Crippen LogP contribution in [-0.4, -0.2) is 33.0 Å². The number of aliphatic carboxylic acids is 1. The predicted octanol–water partition coefficient (Wildman–Crippen LogP) is 0.929. The van der Waals surface area contributed by atoms with E-state index in [1.807, 2.05) is 6.92 Å². The Balaban J connectivity index is 0.000000292. The Kier molecular flexibility index (Phi) is 5.42. The van der Waals surface area contributed by atoms with Crippen molar-refractivity contribution < 1.29 is 20.1 Å². The molecule has 1 aliphatic rings. The molecule has 1 aliphatic carbocycles. The molecule has 0 bridgehead atoms. The Morgan fingerprint density at radius 3 is 2.07 bits per heavy atom. The van der Waals surface area contributed by atoms with Gasteiger partial charge in [0.25, 0.3) is 0 Å². The lowest BCUT2D eigenvalue weighted by molar-refractivity contribution is -0.131. The number of carboxylic acids is 1. The van der Waals surface area contributed by atoms with Crippen LogP contribution in [0.2, 0.25) is 0 Å². The van der Waals surface area contributed by atoms with E-state index in [-0.39, 0.29) is 6.10 Å². The Hall–Kier alpha value is -0.870. The molecule has 0 unspecified atom stereocenters. The number of aliphatic hydroxyl groups excluding tert-OH is 1. The summed E-state index contributed by atoms with van der Waals surface area (Å²) in [6.07, 6.45) is 3.67. The molecule has 0 aromatic rings. The Bertz CT molecular complexity index is 188. The molecule has 1 saturated carbocycles. The van der Waals surface area contributed by atoms with E-state index in [4.69, 9.17) is 10.2 Å². The lowest BCUT2D eigenvalue weighted by Gasteiger charge is -2.30. The molecule has 1 fully saturated rings. The largest absolute Gasteiger partial charge is 0.478 e. The van der Waals surface area contributed by atoms with Gasteiger partial charge in [0.05, 0.1) is 11.7 Å². The fourth-order valence-electron chi connectivity index (χ4n) is 1.22. The van der Waals surface area contributed by atoms with Crippen LogP contribution in [0, 0.1) is 0 Å². The molecule has 1 rings (SSSR count). The third kappa shape index (κ3) is 6.62. The van der Waals surface area contributed by atoms with Crippen LogP contribution in [0.25, 0.3) is 0 Å². The van der Waals surface area contributed by atoms with Crippen molar-refractivity contribution in [3.63, 3.8) is 0 Å². The van der Waals surface area contributed by atoms with Crippen molar-refractivity contribution in [3.8, 4) is 0 Å². The smallest absolute Gasteiger partial charge is 0.327 e. The molecule has 0 atom stereocenters. The van der Waals surface area contributed by atoms with Gasteiger partial charge in [-0.25, -0.2) is 4.79 Å². The van der Waals surface area contributed by atoms with Crippen LogP contribution in [0.3, 0.4) is 0 Å². The fourth-order valence-corrected chi connectivity index (χ4v) is 1.22. The maximum absolute atomic E-state index is 9.38. The van der Waals surface area contributed by atoms with Gasteiger partial charge in [0.2, 0.25) is 0 Å². The van der Waals surface area contributed by atoms with E-state index in [1.54, 1.807) is 0 Å². The van der Waals surface area contributed by atoms with E-state index < -0.39 is 11.6 Å².